The van der Waals surface area contributed by atoms with Crippen molar-refractivity contribution in [3.05, 3.63) is 170 Å². The highest BCUT2D eigenvalue weighted by atomic mass is 14.2. The number of benzene rings is 10. The quantitative estimate of drug-likeness (QED) is 0.182. The van der Waals surface area contributed by atoms with Crippen LogP contribution in [0.2, 0.25) is 0 Å². The van der Waals surface area contributed by atoms with E-state index in [1.807, 2.05) is 0 Å². The van der Waals surface area contributed by atoms with Crippen molar-refractivity contribution < 1.29 is 0 Å². The Kier molecular flexibility index (Phi) is 5.38. The highest BCUT2D eigenvalue weighted by Gasteiger charge is 2.19. The van der Waals surface area contributed by atoms with Crippen LogP contribution in [0.1, 0.15) is 0 Å². The second-order valence-electron chi connectivity index (χ2n) is 12.4. The molecule has 0 saturated carbocycles. The molecule has 0 aliphatic rings. The Labute approximate surface area is 267 Å². The summed E-state index contributed by atoms with van der Waals surface area (Å²) < 4.78 is 0. The van der Waals surface area contributed by atoms with Crippen molar-refractivity contribution in [2.75, 3.05) is 0 Å². The van der Waals surface area contributed by atoms with Crippen LogP contribution in [0.5, 0.6) is 0 Å². The molecule has 10 rings (SSSR count). The molecule has 212 valence electrons. The van der Waals surface area contributed by atoms with E-state index in [1.54, 1.807) is 0 Å². The molecule has 0 aliphatic carbocycles. The Bertz CT molecular complexity index is 2690. The van der Waals surface area contributed by atoms with Crippen molar-refractivity contribution >= 4 is 64.6 Å². The Morgan fingerprint density at radius 1 is 0.174 bits per heavy atom. The number of hydrogen-bond acceptors (Lipinski definition) is 0. The third-order valence-corrected chi connectivity index (χ3v) is 10.0. The fraction of sp³-hybridized carbons (Fsp3) is 0. The molecule has 0 heterocycles. The molecule has 0 bridgehead atoms. The molecule has 0 aromatic heterocycles. The van der Waals surface area contributed by atoms with Crippen molar-refractivity contribution in [1.29, 1.82) is 0 Å². The lowest BCUT2D eigenvalue weighted by atomic mass is 9.83. The van der Waals surface area contributed by atoms with Gasteiger partial charge in [0, 0.05) is 0 Å². The van der Waals surface area contributed by atoms with E-state index in [0.717, 1.165) is 0 Å². The number of fused-ring (bicyclic) bond motifs is 3. The molecule has 46 heavy (non-hydrogen) atoms. The van der Waals surface area contributed by atoms with Gasteiger partial charge in [-0.15, -0.1) is 0 Å². The highest BCUT2D eigenvalue weighted by molar-refractivity contribution is 6.27. The molecular formula is C46H28. The van der Waals surface area contributed by atoms with Gasteiger partial charge < -0.3 is 0 Å². The molecule has 0 N–H and O–H groups in total. The average molecular weight is 581 g/mol. The molecule has 0 amide bonds. The molecule has 10 aromatic carbocycles. The molecule has 0 atom stereocenters. The van der Waals surface area contributed by atoms with E-state index in [2.05, 4.69) is 170 Å². The lowest BCUT2D eigenvalue weighted by Gasteiger charge is -2.20. The van der Waals surface area contributed by atoms with Crippen LogP contribution in [0, 0.1) is 0 Å². The van der Waals surface area contributed by atoms with Gasteiger partial charge in [0.05, 0.1) is 0 Å². The predicted octanol–water partition coefficient (Wildman–Crippen LogP) is 13.0. The minimum Gasteiger partial charge on any atom is -0.0616 e. The van der Waals surface area contributed by atoms with Crippen molar-refractivity contribution in [3.8, 4) is 33.4 Å². The average Bonchev–Trinajstić information content (AvgIpc) is 3.13. The number of hydrogen-bond donors (Lipinski definition) is 0. The Balaban J connectivity index is 1.35. The summed E-state index contributed by atoms with van der Waals surface area (Å²) in [6, 6.07) is 62.9. The number of rotatable bonds is 3. The molecule has 0 heteroatoms. The van der Waals surface area contributed by atoms with Gasteiger partial charge in [0.25, 0.3) is 0 Å². The van der Waals surface area contributed by atoms with Crippen molar-refractivity contribution in [2.45, 2.75) is 0 Å². The zero-order valence-corrected chi connectivity index (χ0v) is 25.2. The normalized spacial score (nSPS) is 11.9. The molecule has 0 fully saturated rings. The van der Waals surface area contributed by atoms with Gasteiger partial charge in [-0.1, -0.05) is 170 Å². The fourth-order valence-corrected chi connectivity index (χ4v) is 7.98. The second-order valence-corrected chi connectivity index (χ2v) is 12.4. The smallest absolute Gasteiger partial charge is 0.00201 e. The minimum absolute atomic E-state index is 1.26. The van der Waals surface area contributed by atoms with Crippen LogP contribution < -0.4 is 0 Å². The summed E-state index contributed by atoms with van der Waals surface area (Å²) in [7, 11) is 0. The SMILES string of the molecule is c1ccc2c(-c3cccc4c(-c5ccc6ccc7cccc8ccc5c6c78)ccc(-c5cccc6ccccc56)c34)cccc2c1. The van der Waals surface area contributed by atoms with E-state index in [1.165, 1.54) is 98.0 Å². The summed E-state index contributed by atoms with van der Waals surface area (Å²) in [5.74, 6) is 0. The van der Waals surface area contributed by atoms with Gasteiger partial charge in [0.15, 0.2) is 0 Å². The van der Waals surface area contributed by atoms with E-state index in [-0.39, 0.29) is 0 Å². The van der Waals surface area contributed by atoms with Gasteiger partial charge in [-0.25, -0.2) is 0 Å². The largest absolute Gasteiger partial charge is 0.0616 e. The topological polar surface area (TPSA) is 0 Å². The predicted molar refractivity (Wildman–Crippen MR) is 199 cm³/mol. The third-order valence-electron chi connectivity index (χ3n) is 10.0. The van der Waals surface area contributed by atoms with Gasteiger partial charge in [0.2, 0.25) is 0 Å². The maximum absolute atomic E-state index is 2.37. The summed E-state index contributed by atoms with van der Waals surface area (Å²) in [5.41, 5.74) is 7.58. The van der Waals surface area contributed by atoms with E-state index >= 15 is 0 Å². The lowest BCUT2D eigenvalue weighted by Crippen LogP contribution is -1.92. The molecular weight excluding hydrogens is 553 g/mol. The molecule has 10 aromatic rings. The second kappa shape index (κ2) is 9.76. The van der Waals surface area contributed by atoms with E-state index in [0.29, 0.717) is 0 Å². The standard InChI is InChI=1S/C46H28/c1-3-15-34-29(9-1)11-6-17-36(34)40-19-8-20-41-39(27-28-43(46(40)41)37-18-7-12-30-10-2-4-16-35(30)37)38-25-23-33-22-21-31-13-5-14-32-24-26-42(38)45(33)44(31)32/h1-28H. The molecule has 0 spiro atoms. The molecule has 0 nitrogen and oxygen atoms in total. The molecule has 0 aliphatic heterocycles. The summed E-state index contributed by atoms with van der Waals surface area (Å²) >= 11 is 0. The molecule has 0 radical (unpaired) electrons. The third kappa shape index (κ3) is 3.62. The van der Waals surface area contributed by atoms with Gasteiger partial charge in [-0.05, 0) is 98.0 Å². The van der Waals surface area contributed by atoms with Crippen LogP contribution in [0.15, 0.2) is 170 Å². The zero-order chi connectivity index (χ0) is 30.2. The van der Waals surface area contributed by atoms with Crippen LogP contribution >= 0.6 is 0 Å². The highest BCUT2D eigenvalue weighted by Crippen LogP contribution is 2.46. The van der Waals surface area contributed by atoms with Crippen LogP contribution in [-0.4, -0.2) is 0 Å². The maximum atomic E-state index is 2.37. The van der Waals surface area contributed by atoms with Crippen LogP contribution in [0.25, 0.3) is 98.0 Å². The Morgan fingerprint density at radius 2 is 0.543 bits per heavy atom. The van der Waals surface area contributed by atoms with Crippen molar-refractivity contribution in [3.63, 3.8) is 0 Å². The van der Waals surface area contributed by atoms with Gasteiger partial charge in [-0.2, -0.15) is 0 Å². The Hall–Kier alpha value is -5.98. The van der Waals surface area contributed by atoms with Gasteiger partial charge >= 0.3 is 0 Å². The van der Waals surface area contributed by atoms with Crippen molar-refractivity contribution in [1.82, 2.24) is 0 Å². The molecule has 0 saturated heterocycles. The lowest BCUT2D eigenvalue weighted by molar-refractivity contribution is 1.65. The molecule has 0 unspecified atom stereocenters. The summed E-state index contributed by atoms with van der Waals surface area (Å²) in [6.07, 6.45) is 0. The van der Waals surface area contributed by atoms with E-state index in [4.69, 9.17) is 0 Å². The minimum atomic E-state index is 1.26. The fourth-order valence-electron chi connectivity index (χ4n) is 7.98. The van der Waals surface area contributed by atoms with Gasteiger partial charge in [0.1, 0.15) is 0 Å². The Morgan fingerprint density at radius 3 is 1.24 bits per heavy atom. The van der Waals surface area contributed by atoms with Gasteiger partial charge in [-0.3, -0.25) is 0 Å². The zero-order valence-electron chi connectivity index (χ0n) is 25.2. The van der Waals surface area contributed by atoms with Crippen LogP contribution in [0.4, 0.5) is 0 Å². The maximum Gasteiger partial charge on any atom is -0.00201 e. The summed E-state index contributed by atoms with van der Waals surface area (Å²) in [5, 5.41) is 15.5. The first-order valence-electron chi connectivity index (χ1n) is 16.0. The van der Waals surface area contributed by atoms with Crippen LogP contribution in [-0.2, 0) is 0 Å². The monoisotopic (exact) mass is 580 g/mol. The van der Waals surface area contributed by atoms with E-state index in [9.17, 15) is 0 Å². The summed E-state index contributed by atoms with van der Waals surface area (Å²) in [6.45, 7) is 0. The first kappa shape index (κ1) is 25.4. The van der Waals surface area contributed by atoms with Crippen LogP contribution in [0.3, 0.4) is 0 Å². The first-order chi connectivity index (χ1) is 22.8. The van der Waals surface area contributed by atoms with Crippen molar-refractivity contribution in [2.24, 2.45) is 0 Å². The first-order valence-corrected chi connectivity index (χ1v) is 16.0. The van der Waals surface area contributed by atoms with E-state index < -0.39 is 0 Å². The summed E-state index contributed by atoms with van der Waals surface area (Å²) in [4.78, 5) is 0.